The molecule has 0 radical (unpaired) electrons. The molecule has 0 aliphatic carbocycles. The Morgan fingerprint density at radius 2 is 0.953 bits per heavy atom. The number of nitrogens with one attached hydrogen (secondary N) is 1. The van der Waals surface area contributed by atoms with Gasteiger partial charge in [-0.05, 0) is 70.6 Å². The van der Waals surface area contributed by atoms with E-state index in [4.69, 9.17) is 0 Å². The molecular weight excluding hydrogens is 534 g/mol. The number of aliphatic hydroxyl groups is 3. The number of carbonyl (C=O) groups excluding carboxylic acids is 1. The fraction of sp³-hybridized carbons (Fsp3) is 0.763. The lowest BCUT2D eigenvalue weighted by molar-refractivity contribution is -0.131. The summed E-state index contributed by atoms with van der Waals surface area (Å²) in [6.45, 7) is 4.11. The van der Waals surface area contributed by atoms with Gasteiger partial charge < -0.3 is 20.6 Å². The molecule has 5 nitrogen and oxygen atoms in total. The van der Waals surface area contributed by atoms with Crippen LogP contribution in [0.4, 0.5) is 0 Å². The molecule has 43 heavy (non-hydrogen) atoms. The van der Waals surface area contributed by atoms with E-state index in [0.29, 0.717) is 6.42 Å². The van der Waals surface area contributed by atoms with E-state index in [1.165, 1.54) is 83.5 Å². The van der Waals surface area contributed by atoms with Crippen LogP contribution in [0.5, 0.6) is 0 Å². The molecule has 0 rings (SSSR count). The predicted octanol–water partition coefficient (Wildman–Crippen LogP) is 9.42. The Kier molecular flexibility index (Phi) is 31.9. The number of rotatable bonds is 31. The minimum atomic E-state index is -1.12. The number of allylic oxidation sites excluding steroid dienone is 7. The molecule has 0 aliphatic rings. The molecule has 3 atom stereocenters. The highest BCUT2D eigenvalue weighted by molar-refractivity contribution is 5.80. The lowest BCUT2D eigenvalue weighted by Gasteiger charge is -2.21. The molecule has 0 spiro atoms. The number of hydrogen-bond acceptors (Lipinski definition) is 4. The van der Waals surface area contributed by atoms with Crippen molar-refractivity contribution in [3.05, 3.63) is 48.6 Å². The van der Waals surface area contributed by atoms with Crippen molar-refractivity contribution < 1.29 is 20.1 Å². The Morgan fingerprint density at radius 1 is 0.558 bits per heavy atom. The van der Waals surface area contributed by atoms with Crippen molar-refractivity contribution in [1.29, 1.82) is 0 Å². The summed E-state index contributed by atoms with van der Waals surface area (Å²) in [6, 6.07) is -0.824. The van der Waals surface area contributed by atoms with Gasteiger partial charge in [0.25, 0.3) is 0 Å². The summed E-state index contributed by atoms with van der Waals surface area (Å²) in [7, 11) is 0. The molecule has 0 aliphatic heterocycles. The predicted molar refractivity (Wildman–Crippen MR) is 185 cm³/mol. The summed E-state index contributed by atoms with van der Waals surface area (Å²) in [5, 5.41) is 32.9. The molecular formula is C38H69NO4. The van der Waals surface area contributed by atoms with E-state index in [1.54, 1.807) is 6.08 Å². The topological polar surface area (TPSA) is 89.8 Å². The number of hydrogen-bond donors (Lipinski definition) is 4. The maximum atomic E-state index is 12.4. The molecule has 4 N–H and O–H groups in total. The van der Waals surface area contributed by atoms with Crippen LogP contribution in [-0.4, -0.2) is 46.1 Å². The fourth-order valence-electron chi connectivity index (χ4n) is 4.97. The first-order chi connectivity index (χ1) is 21.1. The Labute approximate surface area is 266 Å². The first kappa shape index (κ1) is 41.3. The van der Waals surface area contributed by atoms with Crippen LogP contribution in [0.15, 0.2) is 48.6 Å². The lowest BCUT2D eigenvalue weighted by atomic mass is 10.1. The van der Waals surface area contributed by atoms with Crippen LogP contribution in [-0.2, 0) is 4.79 Å². The van der Waals surface area contributed by atoms with Crippen molar-refractivity contribution >= 4 is 5.91 Å². The summed E-state index contributed by atoms with van der Waals surface area (Å²) in [5.74, 6) is -0.530. The van der Waals surface area contributed by atoms with Crippen LogP contribution in [0.2, 0.25) is 0 Å². The van der Waals surface area contributed by atoms with E-state index < -0.39 is 24.2 Å². The minimum Gasteiger partial charge on any atom is -0.394 e. The minimum absolute atomic E-state index is 0.386. The first-order valence-electron chi connectivity index (χ1n) is 18.0. The smallest absolute Gasteiger partial charge is 0.249 e. The standard InChI is InChI=1S/C38H69NO4/c1-3-5-7-9-11-13-15-17-19-21-23-25-27-29-31-33-37(42)38(43)39-35(34-40)36(41)32-30-28-26-24-22-20-18-16-14-12-10-8-6-4-2/h14,16,19,21-22,24,30,32,35-37,40-42H,3-13,15,17-18,20,23,25-29,31,33-34H2,1-2H3,(H,39,43)/b16-14+,21-19-,24-22+,32-30+. The molecule has 1 amide bonds. The molecule has 3 unspecified atom stereocenters. The molecule has 0 fully saturated rings. The monoisotopic (exact) mass is 604 g/mol. The van der Waals surface area contributed by atoms with E-state index in [1.807, 2.05) is 6.08 Å². The van der Waals surface area contributed by atoms with Crippen molar-refractivity contribution in [2.75, 3.05) is 6.61 Å². The van der Waals surface area contributed by atoms with E-state index in [0.717, 1.165) is 57.8 Å². The fourth-order valence-corrected chi connectivity index (χ4v) is 4.97. The largest absolute Gasteiger partial charge is 0.394 e. The number of amides is 1. The second kappa shape index (κ2) is 33.2. The Hall–Kier alpha value is -1.69. The van der Waals surface area contributed by atoms with E-state index >= 15 is 0 Å². The van der Waals surface area contributed by atoms with Gasteiger partial charge in [-0.3, -0.25) is 4.79 Å². The van der Waals surface area contributed by atoms with Gasteiger partial charge in [-0.1, -0.05) is 140 Å². The third-order valence-corrected chi connectivity index (χ3v) is 7.87. The highest BCUT2D eigenvalue weighted by Crippen LogP contribution is 2.11. The first-order valence-corrected chi connectivity index (χ1v) is 18.0. The third kappa shape index (κ3) is 28.8. The van der Waals surface area contributed by atoms with Crippen molar-refractivity contribution in [3.63, 3.8) is 0 Å². The van der Waals surface area contributed by atoms with Crippen LogP contribution >= 0.6 is 0 Å². The van der Waals surface area contributed by atoms with Gasteiger partial charge >= 0.3 is 0 Å². The van der Waals surface area contributed by atoms with Gasteiger partial charge in [0, 0.05) is 0 Å². The normalized spacial score (nSPS) is 14.4. The van der Waals surface area contributed by atoms with Crippen molar-refractivity contribution in [2.24, 2.45) is 0 Å². The molecule has 0 saturated heterocycles. The highest BCUT2D eigenvalue weighted by Gasteiger charge is 2.22. The zero-order chi connectivity index (χ0) is 31.6. The van der Waals surface area contributed by atoms with Gasteiger partial charge in [0.15, 0.2) is 0 Å². The summed E-state index contributed by atoms with van der Waals surface area (Å²) < 4.78 is 0. The average molecular weight is 604 g/mol. The van der Waals surface area contributed by atoms with Crippen LogP contribution < -0.4 is 5.32 Å². The Bertz CT molecular complexity index is 715. The van der Waals surface area contributed by atoms with Crippen LogP contribution in [0.3, 0.4) is 0 Å². The van der Waals surface area contributed by atoms with Gasteiger partial charge in [0.05, 0.1) is 18.8 Å². The molecule has 250 valence electrons. The van der Waals surface area contributed by atoms with Crippen molar-refractivity contribution in [1.82, 2.24) is 5.32 Å². The molecule has 0 saturated carbocycles. The van der Waals surface area contributed by atoms with Gasteiger partial charge in [0.1, 0.15) is 6.10 Å². The zero-order valence-electron chi connectivity index (χ0n) is 28.1. The highest BCUT2D eigenvalue weighted by atomic mass is 16.3. The van der Waals surface area contributed by atoms with Gasteiger partial charge in [-0.2, -0.15) is 0 Å². The maximum absolute atomic E-state index is 12.4. The summed E-state index contributed by atoms with van der Waals surface area (Å²) in [6.07, 6.45) is 41.2. The number of carbonyl (C=O) groups is 1. The molecule has 5 heteroatoms. The summed E-state index contributed by atoms with van der Waals surface area (Å²) in [5.41, 5.74) is 0. The van der Waals surface area contributed by atoms with Crippen LogP contribution in [0.25, 0.3) is 0 Å². The van der Waals surface area contributed by atoms with E-state index in [9.17, 15) is 20.1 Å². The maximum Gasteiger partial charge on any atom is 0.249 e. The number of aliphatic hydroxyl groups excluding tert-OH is 3. The quantitative estimate of drug-likeness (QED) is 0.0469. The SMILES string of the molecule is CCCCCC/C=C/CC/C=C/CC/C=C/C(O)C(CO)NC(=O)C(O)CCCCCC/C=C\CCCCCCCCC. The summed E-state index contributed by atoms with van der Waals surface area (Å²) in [4.78, 5) is 12.4. The van der Waals surface area contributed by atoms with Gasteiger partial charge in [0.2, 0.25) is 5.91 Å². The average Bonchev–Trinajstić information content (AvgIpc) is 3.01. The van der Waals surface area contributed by atoms with Crippen molar-refractivity contribution in [3.8, 4) is 0 Å². The third-order valence-electron chi connectivity index (χ3n) is 7.87. The van der Waals surface area contributed by atoms with E-state index in [2.05, 4.69) is 55.6 Å². The number of unbranched alkanes of at least 4 members (excludes halogenated alkanes) is 17. The Balaban J connectivity index is 3.87. The molecule has 0 heterocycles. The zero-order valence-corrected chi connectivity index (χ0v) is 28.1. The second-order valence-electron chi connectivity index (χ2n) is 12.1. The van der Waals surface area contributed by atoms with E-state index in [-0.39, 0.29) is 6.61 Å². The molecule has 0 aromatic rings. The van der Waals surface area contributed by atoms with Gasteiger partial charge in [-0.25, -0.2) is 0 Å². The molecule has 0 aromatic heterocycles. The lowest BCUT2D eigenvalue weighted by Crippen LogP contribution is -2.48. The summed E-state index contributed by atoms with van der Waals surface area (Å²) >= 11 is 0. The van der Waals surface area contributed by atoms with Crippen molar-refractivity contribution in [2.45, 2.75) is 180 Å². The second-order valence-corrected chi connectivity index (χ2v) is 12.1. The molecule has 0 bridgehead atoms. The van der Waals surface area contributed by atoms with Crippen LogP contribution in [0, 0.1) is 0 Å². The molecule has 0 aromatic carbocycles. The Morgan fingerprint density at radius 3 is 1.44 bits per heavy atom. The van der Waals surface area contributed by atoms with Crippen LogP contribution in [0.1, 0.15) is 162 Å². The van der Waals surface area contributed by atoms with Gasteiger partial charge in [-0.15, -0.1) is 0 Å².